The highest BCUT2D eigenvalue weighted by Gasteiger charge is 2.23. The molecule has 0 saturated heterocycles. The van der Waals surface area contributed by atoms with Gasteiger partial charge in [-0.15, -0.1) is 5.10 Å². The lowest BCUT2D eigenvalue weighted by Crippen LogP contribution is -2.15. The van der Waals surface area contributed by atoms with Crippen molar-refractivity contribution in [3.05, 3.63) is 76.2 Å². The first-order valence-electron chi connectivity index (χ1n) is 10.4. The summed E-state index contributed by atoms with van der Waals surface area (Å²) in [6.07, 6.45) is 3.89. The highest BCUT2D eigenvalue weighted by Crippen LogP contribution is 2.40. The van der Waals surface area contributed by atoms with Crippen molar-refractivity contribution in [1.29, 1.82) is 0 Å². The number of H-pyrrole nitrogens is 1. The molecule has 0 radical (unpaired) electrons. The molecule has 1 saturated carbocycles. The molecule has 4 aromatic rings. The van der Waals surface area contributed by atoms with Crippen molar-refractivity contribution in [3.8, 4) is 11.6 Å². The third-order valence-electron chi connectivity index (χ3n) is 5.54. The van der Waals surface area contributed by atoms with Crippen LogP contribution < -0.4 is 14.8 Å². The van der Waals surface area contributed by atoms with Gasteiger partial charge in [-0.05, 0) is 48.1 Å². The number of halogens is 2. The molecule has 0 bridgehead atoms. The molecular formula is C24H20ClFN4O3. The summed E-state index contributed by atoms with van der Waals surface area (Å²) in [7, 11) is 1.48. The Labute approximate surface area is 193 Å². The third-order valence-corrected chi connectivity index (χ3v) is 5.85. The fraction of sp³-hybridized carbons (Fsp3) is 0.208. The smallest absolute Gasteiger partial charge is 0.260 e. The maximum Gasteiger partial charge on any atom is 0.260 e. The Hall–Kier alpha value is -3.65. The predicted octanol–water partition coefficient (Wildman–Crippen LogP) is 5.47. The van der Waals surface area contributed by atoms with E-state index in [1.165, 1.54) is 43.8 Å². The van der Waals surface area contributed by atoms with E-state index in [9.17, 15) is 4.79 Å². The van der Waals surface area contributed by atoms with Crippen LogP contribution in [0, 0.1) is 5.82 Å². The molecule has 5 rings (SSSR count). The van der Waals surface area contributed by atoms with Crippen molar-refractivity contribution < 1.29 is 18.7 Å². The topological polar surface area (TPSA) is 89.1 Å². The lowest BCUT2D eigenvalue weighted by Gasteiger charge is -2.12. The van der Waals surface area contributed by atoms with E-state index in [1.54, 1.807) is 6.07 Å². The molecule has 2 aromatic heterocycles. The van der Waals surface area contributed by atoms with Gasteiger partial charge in [0.05, 0.1) is 35.0 Å². The van der Waals surface area contributed by atoms with Gasteiger partial charge in [-0.3, -0.25) is 9.89 Å². The molecule has 2 heterocycles. The molecular weight excluding hydrogens is 447 g/mol. The van der Waals surface area contributed by atoms with E-state index in [2.05, 4.69) is 32.6 Å². The quantitative estimate of drug-likeness (QED) is 0.377. The van der Waals surface area contributed by atoms with Crippen LogP contribution in [0.5, 0.6) is 11.6 Å². The van der Waals surface area contributed by atoms with Crippen LogP contribution in [-0.4, -0.2) is 28.2 Å². The second kappa shape index (κ2) is 8.71. The maximum absolute atomic E-state index is 15.2. The van der Waals surface area contributed by atoms with Crippen LogP contribution in [0.4, 0.5) is 10.1 Å². The van der Waals surface area contributed by atoms with Gasteiger partial charge in [0.25, 0.3) is 5.91 Å². The lowest BCUT2D eigenvalue weighted by molar-refractivity contribution is 0.102. The molecule has 1 aliphatic rings. The number of fused-ring (bicyclic) bond motifs is 1. The maximum atomic E-state index is 15.2. The number of nitrogens with one attached hydrogen (secondary N) is 2. The summed E-state index contributed by atoms with van der Waals surface area (Å²) in [6, 6.07) is 12.6. The van der Waals surface area contributed by atoms with Crippen LogP contribution in [0.3, 0.4) is 0 Å². The SMILES string of the molecule is COc1n[nH]c2ncc(NC(=O)c3c(Cl)ccc(OCc4ccc(C5CC5)cc4)c3F)cc12. The summed E-state index contributed by atoms with van der Waals surface area (Å²) < 4.78 is 26.0. The minimum atomic E-state index is -0.829. The number of aromatic amines is 1. The van der Waals surface area contributed by atoms with Gasteiger partial charge in [0.1, 0.15) is 6.61 Å². The Kier molecular flexibility index (Phi) is 5.60. The van der Waals surface area contributed by atoms with Gasteiger partial charge >= 0.3 is 0 Å². The van der Waals surface area contributed by atoms with Gasteiger partial charge in [0.15, 0.2) is 17.2 Å². The molecule has 168 valence electrons. The van der Waals surface area contributed by atoms with E-state index in [-0.39, 0.29) is 22.9 Å². The Bertz CT molecular complexity index is 1340. The summed E-state index contributed by atoms with van der Waals surface area (Å²) in [4.78, 5) is 17.0. The number of carbonyl (C=O) groups is 1. The number of carbonyl (C=O) groups excluding carboxylic acids is 1. The number of aromatic nitrogens is 3. The molecule has 33 heavy (non-hydrogen) atoms. The first kappa shape index (κ1) is 21.2. The van der Waals surface area contributed by atoms with Crippen LogP contribution in [-0.2, 0) is 6.61 Å². The zero-order chi connectivity index (χ0) is 22.9. The fourth-order valence-electron chi connectivity index (χ4n) is 3.62. The van der Waals surface area contributed by atoms with Crippen molar-refractivity contribution >= 4 is 34.2 Å². The van der Waals surface area contributed by atoms with Gasteiger partial charge in [-0.2, -0.15) is 0 Å². The predicted molar refractivity (Wildman–Crippen MR) is 123 cm³/mol. The van der Waals surface area contributed by atoms with Crippen LogP contribution in [0.2, 0.25) is 5.02 Å². The van der Waals surface area contributed by atoms with Crippen LogP contribution in [0.25, 0.3) is 11.0 Å². The molecule has 9 heteroatoms. The number of ether oxygens (including phenoxy) is 2. The number of amides is 1. The zero-order valence-electron chi connectivity index (χ0n) is 17.7. The van der Waals surface area contributed by atoms with Crippen molar-refractivity contribution in [3.63, 3.8) is 0 Å². The average molecular weight is 467 g/mol. The Morgan fingerprint density at radius 2 is 2.03 bits per heavy atom. The van der Waals surface area contributed by atoms with Gasteiger partial charge < -0.3 is 14.8 Å². The number of nitrogens with zero attached hydrogens (tertiary/aromatic N) is 2. The zero-order valence-corrected chi connectivity index (χ0v) is 18.4. The van der Waals surface area contributed by atoms with E-state index in [0.29, 0.717) is 28.5 Å². The lowest BCUT2D eigenvalue weighted by atomic mass is 10.1. The molecule has 0 atom stereocenters. The molecule has 1 fully saturated rings. The van der Waals surface area contributed by atoms with E-state index < -0.39 is 11.7 Å². The van der Waals surface area contributed by atoms with Gasteiger partial charge in [0, 0.05) is 0 Å². The molecule has 1 aliphatic carbocycles. The fourth-order valence-corrected chi connectivity index (χ4v) is 3.85. The minimum Gasteiger partial charge on any atom is -0.486 e. The van der Waals surface area contributed by atoms with E-state index in [1.807, 2.05) is 12.1 Å². The molecule has 2 aromatic carbocycles. The summed E-state index contributed by atoms with van der Waals surface area (Å²) in [6.45, 7) is 0.172. The minimum absolute atomic E-state index is 0.0268. The standard InChI is InChI=1S/C24H20ClFN4O3/c1-32-24-17-10-16(11-27-22(17)29-30-24)28-23(31)20-18(25)8-9-19(21(20)26)33-12-13-2-4-14(5-3-13)15-6-7-15/h2-5,8-11,15H,6-7,12H2,1H3,(H,28,31)(H,27,29,30). The normalized spacial score (nSPS) is 13.2. The number of hydrogen-bond donors (Lipinski definition) is 2. The summed E-state index contributed by atoms with van der Waals surface area (Å²) in [5, 5.41) is 9.86. The second-order valence-corrected chi connectivity index (χ2v) is 8.25. The van der Waals surface area contributed by atoms with Crippen molar-refractivity contribution in [2.75, 3.05) is 12.4 Å². The molecule has 7 nitrogen and oxygen atoms in total. The highest BCUT2D eigenvalue weighted by atomic mass is 35.5. The monoisotopic (exact) mass is 466 g/mol. The second-order valence-electron chi connectivity index (χ2n) is 7.85. The molecule has 0 unspecified atom stereocenters. The third kappa shape index (κ3) is 4.34. The van der Waals surface area contributed by atoms with Crippen LogP contribution in [0.1, 0.15) is 40.2 Å². The Morgan fingerprint density at radius 3 is 2.76 bits per heavy atom. The first-order valence-corrected chi connectivity index (χ1v) is 10.8. The molecule has 2 N–H and O–H groups in total. The van der Waals surface area contributed by atoms with E-state index in [0.717, 1.165) is 5.56 Å². The Morgan fingerprint density at radius 1 is 1.24 bits per heavy atom. The van der Waals surface area contributed by atoms with Gasteiger partial charge in [0.2, 0.25) is 5.88 Å². The largest absolute Gasteiger partial charge is 0.486 e. The number of rotatable bonds is 7. The van der Waals surface area contributed by atoms with Gasteiger partial charge in [-0.25, -0.2) is 9.37 Å². The molecule has 0 spiro atoms. The molecule has 0 aliphatic heterocycles. The number of benzene rings is 2. The summed E-state index contributed by atoms with van der Waals surface area (Å²) in [5.41, 5.74) is 2.75. The summed E-state index contributed by atoms with van der Waals surface area (Å²) >= 11 is 6.15. The number of hydrogen-bond acceptors (Lipinski definition) is 5. The van der Waals surface area contributed by atoms with E-state index in [4.69, 9.17) is 21.1 Å². The number of pyridine rings is 1. The van der Waals surface area contributed by atoms with Gasteiger partial charge in [-0.1, -0.05) is 35.9 Å². The van der Waals surface area contributed by atoms with Crippen molar-refractivity contribution in [1.82, 2.24) is 15.2 Å². The first-order chi connectivity index (χ1) is 16.0. The number of anilines is 1. The van der Waals surface area contributed by atoms with E-state index >= 15 is 4.39 Å². The summed E-state index contributed by atoms with van der Waals surface area (Å²) in [5.74, 6) is -0.607. The van der Waals surface area contributed by atoms with Crippen molar-refractivity contribution in [2.45, 2.75) is 25.4 Å². The van der Waals surface area contributed by atoms with Crippen LogP contribution >= 0.6 is 11.6 Å². The van der Waals surface area contributed by atoms with Crippen LogP contribution in [0.15, 0.2) is 48.7 Å². The van der Waals surface area contributed by atoms with Crippen molar-refractivity contribution in [2.24, 2.45) is 0 Å². The Balaban J connectivity index is 1.33. The average Bonchev–Trinajstić information content (AvgIpc) is 3.59. The number of methoxy groups -OCH3 is 1. The highest BCUT2D eigenvalue weighted by molar-refractivity contribution is 6.34. The molecule has 1 amide bonds.